The Labute approximate surface area is 202 Å². The molecule has 0 aliphatic carbocycles. The number of pyridine rings is 1. The Hall–Kier alpha value is -3.41. The van der Waals surface area contributed by atoms with E-state index < -0.39 is 0 Å². The van der Waals surface area contributed by atoms with E-state index in [1.165, 1.54) is 6.26 Å². The second-order valence-corrected chi connectivity index (χ2v) is 6.73. The summed E-state index contributed by atoms with van der Waals surface area (Å²) in [5.74, 6) is 1.44. The van der Waals surface area contributed by atoms with Gasteiger partial charge in [0.05, 0.1) is 19.4 Å². The number of fused-ring (bicyclic) bond motifs is 1. The lowest BCUT2D eigenvalue weighted by Crippen LogP contribution is -2.37. The highest BCUT2D eigenvalue weighted by atomic mass is 127. The lowest BCUT2D eigenvalue weighted by Gasteiger charge is -2.11. The number of aromatic nitrogens is 3. The zero-order valence-electron chi connectivity index (χ0n) is 17.5. The summed E-state index contributed by atoms with van der Waals surface area (Å²) in [6.45, 7) is 3.66. The van der Waals surface area contributed by atoms with Crippen molar-refractivity contribution < 1.29 is 9.21 Å². The first-order valence-electron chi connectivity index (χ1n) is 9.97. The average molecular weight is 545 g/mol. The van der Waals surface area contributed by atoms with E-state index in [1.54, 1.807) is 12.1 Å². The SMILES string of the molecule is CCNC(=NCc1cccc(NC(=O)c2ccco2)c1)NCc1nnc2ccccn12.I. The molecular formula is C22H24IN7O2. The molecule has 3 aromatic heterocycles. The molecule has 0 aliphatic rings. The van der Waals surface area contributed by atoms with Gasteiger partial charge in [-0.1, -0.05) is 18.2 Å². The van der Waals surface area contributed by atoms with Crippen molar-refractivity contribution in [2.75, 3.05) is 11.9 Å². The van der Waals surface area contributed by atoms with Crippen LogP contribution in [0.1, 0.15) is 28.9 Å². The summed E-state index contributed by atoms with van der Waals surface area (Å²) in [6.07, 6.45) is 3.40. The van der Waals surface area contributed by atoms with Crippen LogP contribution in [0.15, 0.2) is 76.5 Å². The number of hydrogen-bond donors (Lipinski definition) is 3. The molecular weight excluding hydrogens is 521 g/mol. The van der Waals surface area contributed by atoms with Gasteiger partial charge in [-0.2, -0.15) is 0 Å². The third-order valence-electron chi connectivity index (χ3n) is 4.49. The minimum Gasteiger partial charge on any atom is -0.459 e. The molecule has 3 N–H and O–H groups in total. The quantitative estimate of drug-likeness (QED) is 0.187. The van der Waals surface area contributed by atoms with Crippen molar-refractivity contribution in [1.82, 2.24) is 25.2 Å². The first kappa shape index (κ1) is 23.3. The van der Waals surface area contributed by atoms with Gasteiger partial charge in [0.1, 0.15) is 0 Å². The zero-order chi connectivity index (χ0) is 21.5. The first-order valence-corrected chi connectivity index (χ1v) is 9.97. The van der Waals surface area contributed by atoms with Gasteiger partial charge in [-0.3, -0.25) is 9.20 Å². The highest BCUT2D eigenvalue weighted by molar-refractivity contribution is 14.0. The number of halogens is 1. The van der Waals surface area contributed by atoms with Gasteiger partial charge >= 0.3 is 0 Å². The Bertz CT molecular complexity index is 1190. The van der Waals surface area contributed by atoms with Gasteiger partial charge in [0.2, 0.25) is 0 Å². The van der Waals surface area contributed by atoms with Gasteiger partial charge in [-0.15, -0.1) is 34.2 Å². The number of carbonyl (C=O) groups is 1. The number of carbonyl (C=O) groups excluding carboxylic acids is 1. The molecule has 32 heavy (non-hydrogen) atoms. The van der Waals surface area contributed by atoms with E-state index in [9.17, 15) is 4.79 Å². The molecule has 0 radical (unpaired) electrons. The number of hydrogen-bond acceptors (Lipinski definition) is 5. The lowest BCUT2D eigenvalue weighted by molar-refractivity contribution is 0.0996. The third kappa shape index (κ3) is 5.84. The molecule has 0 bridgehead atoms. The standard InChI is InChI=1S/C22H23N7O2.HI/c1-2-23-22(25-15-20-28-27-19-10-3-4-11-29(19)20)24-14-16-7-5-8-17(13-16)26-21(30)18-9-6-12-31-18;/h3-13H,2,14-15H2,1H3,(H,26,30)(H2,23,24,25);1H. The second-order valence-electron chi connectivity index (χ2n) is 6.73. The number of nitrogens with one attached hydrogen (secondary N) is 3. The fourth-order valence-corrected chi connectivity index (χ4v) is 3.03. The zero-order valence-corrected chi connectivity index (χ0v) is 19.8. The van der Waals surface area contributed by atoms with Crippen LogP contribution in [0.5, 0.6) is 0 Å². The van der Waals surface area contributed by atoms with Crippen molar-refractivity contribution in [3.05, 3.63) is 84.2 Å². The number of guanidine groups is 1. The minimum absolute atomic E-state index is 0. The molecule has 0 aliphatic heterocycles. The fourth-order valence-electron chi connectivity index (χ4n) is 3.03. The van der Waals surface area contributed by atoms with Crippen LogP contribution in [0.3, 0.4) is 0 Å². The Morgan fingerprint density at radius 1 is 1.09 bits per heavy atom. The summed E-state index contributed by atoms with van der Waals surface area (Å²) >= 11 is 0. The molecule has 4 rings (SSSR count). The number of anilines is 1. The third-order valence-corrected chi connectivity index (χ3v) is 4.49. The molecule has 1 aromatic carbocycles. The molecule has 3 heterocycles. The predicted octanol–water partition coefficient (Wildman–Crippen LogP) is 3.45. The van der Waals surface area contributed by atoms with Crippen LogP contribution in [-0.2, 0) is 13.1 Å². The molecule has 1 amide bonds. The van der Waals surface area contributed by atoms with E-state index in [-0.39, 0.29) is 35.6 Å². The number of furan rings is 1. The van der Waals surface area contributed by atoms with Crippen LogP contribution >= 0.6 is 24.0 Å². The molecule has 0 spiro atoms. The number of aliphatic imine (C=N–C) groups is 1. The number of nitrogens with zero attached hydrogens (tertiary/aromatic N) is 4. The maximum atomic E-state index is 12.2. The largest absolute Gasteiger partial charge is 0.459 e. The van der Waals surface area contributed by atoms with E-state index in [1.807, 2.05) is 60.0 Å². The smallest absolute Gasteiger partial charge is 0.291 e. The lowest BCUT2D eigenvalue weighted by atomic mass is 10.2. The predicted molar refractivity (Wildman–Crippen MR) is 133 cm³/mol. The Morgan fingerprint density at radius 2 is 2.00 bits per heavy atom. The van der Waals surface area contributed by atoms with E-state index in [0.29, 0.717) is 24.7 Å². The first-order chi connectivity index (χ1) is 15.2. The van der Waals surface area contributed by atoms with Crippen LogP contribution in [0.2, 0.25) is 0 Å². The van der Waals surface area contributed by atoms with Gasteiger partial charge in [0.25, 0.3) is 5.91 Å². The van der Waals surface area contributed by atoms with Crippen LogP contribution in [-0.4, -0.2) is 33.0 Å². The molecule has 0 unspecified atom stereocenters. The summed E-state index contributed by atoms with van der Waals surface area (Å²) in [5.41, 5.74) is 2.44. The molecule has 0 atom stereocenters. The van der Waals surface area contributed by atoms with Crippen molar-refractivity contribution in [3.63, 3.8) is 0 Å². The summed E-state index contributed by atoms with van der Waals surface area (Å²) in [7, 11) is 0. The highest BCUT2D eigenvalue weighted by Crippen LogP contribution is 2.13. The Morgan fingerprint density at radius 3 is 2.81 bits per heavy atom. The van der Waals surface area contributed by atoms with Crippen molar-refractivity contribution >= 4 is 47.2 Å². The van der Waals surface area contributed by atoms with Crippen LogP contribution in [0.25, 0.3) is 5.65 Å². The van der Waals surface area contributed by atoms with Crippen molar-refractivity contribution in [1.29, 1.82) is 0 Å². The van der Waals surface area contributed by atoms with E-state index >= 15 is 0 Å². The summed E-state index contributed by atoms with van der Waals surface area (Å²) < 4.78 is 7.06. The van der Waals surface area contributed by atoms with Crippen molar-refractivity contribution in [3.8, 4) is 0 Å². The number of benzene rings is 1. The summed E-state index contributed by atoms with van der Waals surface area (Å²) in [4.78, 5) is 16.8. The molecule has 10 heteroatoms. The van der Waals surface area contributed by atoms with E-state index in [2.05, 4.69) is 31.1 Å². The van der Waals surface area contributed by atoms with E-state index in [4.69, 9.17) is 4.42 Å². The molecule has 4 aromatic rings. The van der Waals surface area contributed by atoms with Gasteiger partial charge in [0.15, 0.2) is 23.2 Å². The maximum absolute atomic E-state index is 12.2. The minimum atomic E-state index is -0.291. The molecule has 166 valence electrons. The van der Waals surface area contributed by atoms with Crippen LogP contribution in [0, 0.1) is 0 Å². The Balaban J connectivity index is 0.00000289. The Kier molecular flexibility index (Phi) is 8.20. The maximum Gasteiger partial charge on any atom is 0.291 e. The van der Waals surface area contributed by atoms with Crippen molar-refractivity contribution in [2.45, 2.75) is 20.0 Å². The molecule has 9 nitrogen and oxygen atoms in total. The summed E-state index contributed by atoms with van der Waals surface area (Å²) in [5, 5.41) is 17.7. The molecule has 0 saturated carbocycles. The van der Waals surface area contributed by atoms with Gasteiger partial charge in [-0.05, 0) is 48.9 Å². The second kappa shape index (κ2) is 11.3. The van der Waals surface area contributed by atoms with Gasteiger partial charge < -0.3 is 20.4 Å². The van der Waals surface area contributed by atoms with Gasteiger partial charge in [-0.25, -0.2) is 4.99 Å². The molecule has 0 saturated heterocycles. The van der Waals surface area contributed by atoms with Crippen LogP contribution < -0.4 is 16.0 Å². The molecule has 0 fully saturated rings. The number of amides is 1. The van der Waals surface area contributed by atoms with Crippen LogP contribution in [0.4, 0.5) is 5.69 Å². The fraction of sp³-hybridized carbons (Fsp3) is 0.182. The normalized spacial score (nSPS) is 11.1. The average Bonchev–Trinajstić information content (AvgIpc) is 3.46. The highest BCUT2D eigenvalue weighted by Gasteiger charge is 2.09. The monoisotopic (exact) mass is 545 g/mol. The summed E-state index contributed by atoms with van der Waals surface area (Å²) in [6, 6.07) is 16.6. The van der Waals surface area contributed by atoms with E-state index in [0.717, 1.165) is 23.6 Å². The van der Waals surface area contributed by atoms with Crippen molar-refractivity contribution in [2.24, 2.45) is 4.99 Å². The topological polar surface area (TPSA) is 109 Å². The number of rotatable bonds is 7. The van der Waals surface area contributed by atoms with Gasteiger partial charge in [0, 0.05) is 18.4 Å².